The van der Waals surface area contributed by atoms with Gasteiger partial charge >= 0.3 is 0 Å². The Bertz CT molecular complexity index is 861. The minimum absolute atomic E-state index is 0.0656. The number of thiophene rings is 1. The summed E-state index contributed by atoms with van der Waals surface area (Å²) in [5.41, 5.74) is 1.32. The van der Waals surface area contributed by atoms with Gasteiger partial charge < -0.3 is 10.6 Å². The first-order valence-electron chi connectivity index (χ1n) is 11.6. The van der Waals surface area contributed by atoms with Crippen molar-refractivity contribution < 1.29 is 9.59 Å². The van der Waals surface area contributed by atoms with Crippen molar-refractivity contribution in [3.05, 3.63) is 52.2 Å². The molecule has 5 nitrogen and oxygen atoms in total. The van der Waals surface area contributed by atoms with Crippen LogP contribution < -0.4 is 10.6 Å². The predicted octanol–water partition coefficient (Wildman–Crippen LogP) is 4.91. The van der Waals surface area contributed by atoms with E-state index in [1.54, 1.807) is 17.4 Å². The standard InChI is InChI=1S/C25H33N3O2S/c29-24(26-16-19-7-5-13-28(17-19)18-23-12-6-14-31-23)21-10-4-11-22(15-21)27-25(30)20-8-2-1-3-9-20/h4,6,10-12,14-15,19-20H,1-3,5,7-9,13,16-18H2,(H,26,29)(H,27,30). The van der Waals surface area contributed by atoms with Gasteiger partial charge in [-0.15, -0.1) is 11.3 Å². The first-order chi connectivity index (χ1) is 15.2. The van der Waals surface area contributed by atoms with E-state index in [0.29, 0.717) is 23.7 Å². The lowest BCUT2D eigenvalue weighted by molar-refractivity contribution is -0.120. The Hall–Kier alpha value is -2.18. The molecule has 2 aliphatic rings. The van der Waals surface area contributed by atoms with Crippen molar-refractivity contribution in [2.24, 2.45) is 11.8 Å². The molecule has 2 amide bonds. The number of anilines is 1. The molecule has 1 unspecified atom stereocenters. The molecule has 6 heteroatoms. The second kappa shape index (κ2) is 10.9. The Balaban J connectivity index is 1.26. The number of nitrogens with one attached hydrogen (secondary N) is 2. The predicted molar refractivity (Wildman–Crippen MR) is 126 cm³/mol. The molecule has 0 radical (unpaired) electrons. The second-order valence-electron chi connectivity index (χ2n) is 8.94. The van der Waals surface area contributed by atoms with E-state index in [-0.39, 0.29) is 17.7 Å². The summed E-state index contributed by atoms with van der Waals surface area (Å²) < 4.78 is 0. The van der Waals surface area contributed by atoms with Gasteiger partial charge in [-0.1, -0.05) is 31.4 Å². The Morgan fingerprint density at radius 2 is 1.90 bits per heavy atom. The molecule has 0 spiro atoms. The summed E-state index contributed by atoms with van der Waals surface area (Å²) in [6, 6.07) is 11.6. The van der Waals surface area contributed by atoms with E-state index in [1.807, 2.05) is 18.2 Å². The van der Waals surface area contributed by atoms with E-state index in [1.165, 1.54) is 17.7 Å². The number of rotatable bonds is 7. The SMILES string of the molecule is O=C(NCC1CCCN(Cc2cccs2)C1)c1cccc(NC(=O)C2CCCCC2)c1. The third-order valence-corrected chi connectivity index (χ3v) is 7.34. The van der Waals surface area contributed by atoms with Gasteiger partial charge in [-0.3, -0.25) is 14.5 Å². The second-order valence-corrected chi connectivity index (χ2v) is 9.97. The summed E-state index contributed by atoms with van der Waals surface area (Å²) in [4.78, 5) is 29.1. The fraction of sp³-hybridized carbons (Fsp3) is 0.520. The van der Waals surface area contributed by atoms with Crippen LogP contribution in [-0.2, 0) is 11.3 Å². The number of likely N-dealkylation sites (tertiary alicyclic amines) is 1. The number of carbonyl (C=O) groups is 2. The van der Waals surface area contributed by atoms with Crippen LogP contribution in [0.4, 0.5) is 5.69 Å². The van der Waals surface area contributed by atoms with E-state index >= 15 is 0 Å². The van der Waals surface area contributed by atoms with Crippen molar-refractivity contribution in [1.82, 2.24) is 10.2 Å². The largest absolute Gasteiger partial charge is 0.352 e. The number of hydrogen-bond donors (Lipinski definition) is 2. The molecule has 166 valence electrons. The molecule has 2 fully saturated rings. The summed E-state index contributed by atoms with van der Waals surface area (Å²) in [5, 5.41) is 8.26. The number of amides is 2. The van der Waals surface area contributed by atoms with Crippen LogP contribution in [0.5, 0.6) is 0 Å². The van der Waals surface area contributed by atoms with Crippen molar-refractivity contribution in [2.75, 3.05) is 25.0 Å². The first kappa shape index (κ1) is 22.0. The van der Waals surface area contributed by atoms with E-state index in [4.69, 9.17) is 0 Å². The molecular weight excluding hydrogens is 406 g/mol. The lowest BCUT2D eigenvalue weighted by Gasteiger charge is -2.32. The van der Waals surface area contributed by atoms with Crippen LogP contribution >= 0.6 is 11.3 Å². The zero-order valence-corrected chi connectivity index (χ0v) is 19.0. The van der Waals surface area contributed by atoms with Crippen molar-refractivity contribution in [1.29, 1.82) is 0 Å². The van der Waals surface area contributed by atoms with Gasteiger partial charge in [0, 0.05) is 41.7 Å². The van der Waals surface area contributed by atoms with E-state index < -0.39 is 0 Å². The van der Waals surface area contributed by atoms with Gasteiger partial charge in [0.1, 0.15) is 0 Å². The number of hydrogen-bond acceptors (Lipinski definition) is 4. The summed E-state index contributed by atoms with van der Waals surface area (Å²) in [6.45, 7) is 3.85. The molecule has 1 saturated heterocycles. The summed E-state index contributed by atoms with van der Waals surface area (Å²) >= 11 is 1.81. The van der Waals surface area contributed by atoms with Crippen LogP contribution in [0.25, 0.3) is 0 Å². The fourth-order valence-corrected chi connectivity index (χ4v) is 5.52. The lowest BCUT2D eigenvalue weighted by Crippen LogP contribution is -2.40. The summed E-state index contributed by atoms with van der Waals surface area (Å²) in [5.74, 6) is 0.607. The number of benzene rings is 1. The van der Waals surface area contributed by atoms with Crippen LogP contribution in [0.15, 0.2) is 41.8 Å². The zero-order chi connectivity index (χ0) is 21.5. The van der Waals surface area contributed by atoms with E-state index in [2.05, 4.69) is 33.0 Å². The van der Waals surface area contributed by atoms with Crippen LogP contribution in [0.1, 0.15) is 60.2 Å². The number of carbonyl (C=O) groups excluding carboxylic acids is 2. The van der Waals surface area contributed by atoms with Gasteiger partial charge in [0.25, 0.3) is 5.91 Å². The van der Waals surface area contributed by atoms with Crippen LogP contribution in [0.2, 0.25) is 0 Å². The zero-order valence-electron chi connectivity index (χ0n) is 18.1. The van der Waals surface area contributed by atoms with Gasteiger partial charge in [-0.25, -0.2) is 0 Å². The Morgan fingerprint density at radius 3 is 2.71 bits per heavy atom. The monoisotopic (exact) mass is 439 g/mol. The average Bonchev–Trinajstić information content (AvgIpc) is 3.31. The Labute approximate surface area is 189 Å². The maximum absolute atomic E-state index is 12.7. The molecule has 1 aliphatic carbocycles. The smallest absolute Gasteiger partial charge is 0.251 e. The molecule has 2 aromatic rings. The van der Waals surface area contributed by atoms with Crippen molar-refractivity contribution >= 4 is 28.8 Å². The molecular formula is C25H33N3O2S. The van der Waals surface area contributed by atoms with Crippen molar-refractivity contribution in [3.63, 3.8) is 0 Å². The average molecular weight is 440 g/mol. The molecule has 1 atom stereocenters. The summed E-state index contributed by atoms with van der Waals surface area (Å²) in [7, 11) is 0. The van der Waals surface area contributed by atoms with Crippen molar-refractivity contribution in [2.45, 2.75) is 51.5 Å². The molecule has 31 heavy (non-hydrogen) atoms. The van der Waals surface area contributed by atoms with Gasteiger partial charge in [0.2, 0.25) is 5.91 Å². The summed E-state index contributed by atoms with van der Waals surface area (Å²) in [6.07, 6.45) is 7.76. The number of piperidine rings is 1. The molecule has 4 rings (SSSR count). The lowest BCUT2D eigenvalue weighted by atomic mass is 9.88. The maximum Gasteiger partial charge on any atom is 0.251 e. The Morgan fingerprint density at radius 1 is 1.03 bits per heavy atom. The highest BCUT2D eigenvalue weighted by Crippen LogP contribution is 2.25. The maximum atomic E-state index is 12.7. The molecule has 1 aromatic carbocycles. The highest BCUT2D eigenvalue weighted by atomic mass is 32.1. The van der Waals surface area contributed by atoms with Gasteiger partial charge in [0.15, 0.2) is 0 Å². The third-order valence-electron chi connectivity index (χ3n) is 6.48. The minimum Gasteiger partial charge on any atom is -0.352 e. The minimum atomic E-state index is -0.0656. The van der Waals surface area contributed by atoms with Gasteiger partial charge in [-0.05, 0) is 67.8 Å². The third kappa shape index (κ3) is 6.40. The van der Waals surface area contributed by atoms with Crippen LogP contribution in [0, 0.1) is 11.8 Å². The Kier molecular flexibility index (Phi) is 7.76. The van der Waals surface area contributed by atoms with Crippen LogP contribution in [0.3, 0.4) is 0 Å². The highest BCUT2D eigenvalue weighted by molar-refractivity contribution is 7.09. The fourth-order valence-electron chi connectivity index (χ4n) is 4.77. The van der Waals surface area contributed by atoms with E-state index in [9.17, 15) is 9.59 Å². The quantitative estimate of drug-likeness (QED) is 0.644. The number of nitrogens with zero attached hydrogens (tertiary/aromatic N) is 1. The normalized spacial score (nSPS) is 20.3. The highest BCUT2D eigenvalue weighted by Gasteiger charge is 2.22. The molecule has 2 N–H and O–H groups in total. The molecule has 0 bridgehead atoms. The van der Waals surface area contributed by atoms with Crippen molar-refractivity contribution in [3.8, 4) is 0 Å². The van der Waals surface area contributed by atoms with Crippen LogP contribution in [-0.4, -0.2) is 36.3 Å². The van der Waals surface area contributed by atoms with Gasteiger partial charge in [0.05, 0.1) is 0 Å². The topological polar surface area (TPSA) is 61.4 Å². The molecule has 1 saturated carbocycles. The van der Waals surface area contributed by atoms with E-state index in [0.717, 1.165) is 51.7 Å². The molecule has 2 heterocycles. The first-order valence-corrected chi connectivity index (χ1v) is 12.5. The molecule has 1 aliphatic heterocycles. The molecule has 1 aromatic heterocycles. The van der Waals surface area contributed by atoms with Gasteiger partial charge in [-0.2, -0.15) is 0 Å².